The van der Waals surface area contributed by atoms with Crippen molar-refractivity contribution in [3.8, 4) is 0 Å². The molecule has 0 bridgehead atoms. The molecule has 0 spiro atoms. The molecule has 1 aliphatic heterocycles. The first-order chi connectivity index (χ1) is 6.18. The van der Waals surface area contributed by atoms with Crippen LogP contribution in [0.15, 0.2) is 23.4 Å². The van der Waals surface area contributed by atoms with Gasteiger partial charge < -0.3 is 5.73 Å². The van der Waals surface area contributed by atoms with Gasteiger partial charge in [0.1, 0.15) is 0 Å². The Morgan fingerprint density at radius 3 is 3.08 bits per heavy atom. The van der Waals surface area contributed by atoms with Crippen LogP contribution in [0.5, 0.6) is 0 Å². The summed E-state index contributed by atoms with van der Waals surface area (Å²) in [5, 5.41) is 0. The van der Waals surface area contributed by atoms with Crippen molar-refractivity contribution in [3.05, 3.63) is 23.4 Å². The summed E-state index contributed by atoms with van der Waals surface area (Å²) in [5.74, 6) is 0.762. The molecule has 2 rings (SSSR count). The molecule has 1 aliphatic carbocycles. The molecule has 2 unspecified atom stereocenters. The fourth-order valence-corrected chi connectivity index (χ4v) is 2.34. The average molecular weight is 178 g/mol. The summed E-state index contributed by atoms with van der Waals surface area (Å²) in [7, 11) is 2.19. The maximum atomic E-state index is 5.82. The zero-order valence-electron chi connectivity index (χ0n) is 8.46. The normalized spacial score (nSPS) is 34.9. The highest BCUT2D eigenvalue weighted by Gasteiger charge is 2.28. The second-order valence-electron chi connectivity index (χ2n) is 4.23. The summed E-state index contributed by atoms with van der Waals surface area (Å²) < 4.78 is 0. The Bertz CT molecular complexity index is 265. The minimum Gasteiger partial charge on any atom is -0.399 e. The van der Waals surface area contributed by atoms with Crippen molar-refractivity contribution in [1.82, 2.24) is 4.90 Å². The number of allylic oxidation sites excluding steroid dienone is 2. The fraction of sp³-hybridized carbons (Fsp3) is 0.636. The van der Waals surface area contributed by atoms with Gasteiger partial charge in [-0.1, -0.05) is 6.08 Å². The monoisotopic (exact) mass is 178 g/mol. The molecule has 0 aromatic carbocycles. The van der Waals surface area contributed by atoms with E-state index in [0.717, 1.165) is 18.0 Å². The standard InChI is InChI=1S/C11H18N2/c1-8-11-7-10(12)4-3-9(11)5-6-13(8)2/h4,7-9H,3,5-6,12H2,1-2H3. The third-order valence-electron chi connectivity index (χ3n) is 3.42. The molecule has 2 nitrogen and oxygen atoms in total. The van der Waals surface area contributed by atoms with Crippen molar-refractivity contribution in [3.63, 3.8) is 0 Å². The van der Waals surface area contributed by atoms with Gasteiger partial charge in [0.15, 0.2) is 0 Å². The first kappa shape index (κ1) is 8.82. The minimum atomic E-state index is 0.575. The number of nitrogens with two attached hydrogens (primary N) is 1. The van der Waals surface area contributed by atoms with Gasteiger partial charge in [0.05, 0.1) is 0 Å². The Morgan fingerprint density at radius 1 is 1.54 bits per heavy atom. The van der Waals surface area contributed by atoms with E-state index < -0.39 is 0 Å². The van der Waals surface area contributed by atoms with Crippen molar-refractivity contribution in [2.24, 2.45) is 11.7 Å². The molecule has 0 aromatic rings. The molecule has 1 heterocycles. The smallest absolute Gasteiger partial charge is 0.0282 e. The van der Waals surface area contributed by atoms with Crippen molar-refractivity contribution >= 4 is 0 Å². The van der Waals surface area contributed by atoms with Crippen LogP contribution in [0, 0.1) is 5.92 Å². The van der Waals surface area contributed by atoms with Gasteiger partial charge in [-0.2, -0.15) is 0 Å². The summed E-state index contributed by atoms with van der Waals surface area (Å²) in [4.78, 5) is 2.40. The highest BCUT2D eigenvalue weighted by atomic mass is 15.1. The highest BCUT2D eigenvalue weighted by Crippen LogP contribution is 2.33. The first-order valence-electron chi connectivity index (χ1n) is 5.06. The van der Waals surface area contributed by atoms with Crippen molar-refractivity contribution < 1.29 is 0 Å². The van der Waals surface area contributed by atoms with E-state index in [1.54, 1.807) is 0 Å². The van der Waals surface area contributed by atoms with E-state index in [-0.39, 0.29) is 0 Å². The number of nitrogens with zero attached hydrogens (tertiary/aromatic N) is 1. The van der Waals surface area contributed by atoms with Crippen molar-refractivity contribution in [1.29, 1.82) is 0 Å². The number of likely N-dealkylation sites (tertiary alicyclic amines) is 1. The second-order valence-corrected chi connectivity index (χ2v) is 4.23. The predicted octanol–water partition coefficient (Wildman–Crippen LogP) is 1.50. The van der Waals surface area contributed by atoms with Crippen LogP contribution < -0.4 is 5.73 Å². The molecule has 0 aromatic heterocycles. The number of rotatable bonds is 0. The molecule has 1 fully saturated rings. The molecular weight excluding hydrogens is 160 g/mol. The summed E-state index contributed by atoms with van der Waals surface area (Å²) in [6, 6.07) is 0.575. The van der Waals surface area contributed by atoms with Crippen LogP contribution in [0.2, 0.25) is 0 Å². The Hall–Kier alpha value is -0.760. The maximum absolute atomic E-state index is 5.82. The highest BCUT2D eigenvalue weighted by molar-refractivity contribution is 5.31. The van der Waals surface area contributed by atoms with E-state index in [9.17, 15) is 0 Å². The molecular formula is C11H18N2. The number of piperidine rings is 1. The molecule has 0 radical (unpaired) electrons. The fourth-order valence-electron chi connectivity index (χ4n) is 2.34. The summed E-state index contributed by atoms with van der Waals surface area (Å²) >= 11 is 0. The Morgan fingerprint density at radius 2 is 2.31 bits per heavy atom. The van der Waals surface area contributed by atoms with Crippen LogP contribution in [-0.4, -0.2) is 24.5 Å². The number of hydrogen-bond acceptors (Lipinski definition) is 2. The van der Waals surface area contributed by atoms with E-state index in [1.807, 2.05) is 0 Å². The van der Waals surface area contributed by atoms with E-state index in [4.69, 9.17) is 5.73 Å². The van der Waals surface area contributed by atoms with E-state index in [2.05, 4.69) is 31.0 Å². The van der Waals surface area contributed by atoms with Crippen molar-refractivity contribution in [2.45, 2.75) is 25.8 Å². The number of fused-ring (bicyclic) bond motifs is 1. The zero-order chi connectivity index (χ0) is 9.42. The van der Waals surface area contributed by atoms with Crippen LogP contribution in [0.1, 0.15) is 19.8 Å². The second kappa shape index (κ2) is 3.18. The third kappa shape index (κ3) is 1.51. The van der Waals surface area contributed by atoms with Gasteiger partial charge in [-0.15, -0.1) is 0 Å². The lowest BCUT2D eigenvalue weighted by molar-refractivity contribution is 0.213. The van der Waals surface area contributed by atoms with Gasteiger partial charge in [0, 0.05) is 11.7 Å². The summed E-state index contributed by atoms with van der Waals surface area (Å²) in [5.41, 5.74) is 8.30. The molecule has 1 saturated heterocycles. The molecule has 2 N–H and O–H groups in total. The van der Waals surface area contributed by atoms with Crippen LogP contribution in [0.25, 0.3) is 0 Å². The Kier molecular flexibility index (Phi) is 2.16. The van der Waals surface area contributed by atoms with Crippen LogP contribution >= 0.6 is 0 Å². The number of likely N-dealkylation sites (N-methyl/N-ethyl adjacent to an activating group) is 1. The molecule has 72 valence electrons. The predicted molar refractivity (Wildman–Crippen MR) is 55.2 cm³/mol. The van der Waals surface area contributed by atoms with Gasteiger partial charge >= 0.3 is 0 Å². The quantitative estimate of drug-likeness (QED) is 0.609. The maximum Gasteiger partial charge on any atom is 0.0282 e. The van der Waals surface area contributed by atoms with Crippen LogP contribution in [0.4, 0.5) is 0 Å². The molecule has 2 atom stereocenters. The van der Waals surface area contributed by atoms with Gasteiger partial charge in [-0.3, -0.25) is 4.90 Å². The summed E-state index contributed by atoms with van der Waals surface area (Å²) in [6.07, 6.45) is 6.77. The average Bonchev–Trinajstić information content (AvgIpc) is 2.12. The minimum absolute atomic E-state index is 0.575. The largest absolute Gasteiger partial charge is 0.399 e. The number of hydrogen-bond donors (Lipinski definition) is 1. The van der Waals surface area contributed by atoms with Gasteiger partial charge in [0.2, 0.25) is 0 Å². The molecule has 0 amide bonds. The van der Waals surface area contributed by atoms with Crippen molar-refractivity contribution in [2.75, 3.05) is 13.6 Å². The molecule has 2 heteroatoms. The van der Waals surface area contributed by atoms with Crippen LogP contribution in [0.3, 0.4) is 0 Å². The lowest BCUT2D eigenvalue weighted by Crippen LogP contribution is -2.40. The third-order valence-corrected chi connectivity index (χ3v) is 3.42. The topological polar surface area (TPSA) is 29.3 Å². The summed E-state index contributed by atoms with van der Waals surface area (Å²) in [6.45, 7) is 3.49. The van der Waals surface area contributed by atoms with Gasteiger partial charge in [-0.25, -0.2) is 0 Å². The first-order valence-corrected chi connectivity index (χ1v) is 5.06. The van der Waals surface area contributed by atoms with E-state index in [1.165, 1.54) is 18.5 Å². The Labute approximate surface area is 80.1 Å². The molecule has 2 aliphatic rings. The lowest BCUT2D eigenvalue weighted by Gasteiger charge is -2.39. The van der Waals surface area contributed by atoms with E-state index >= 15 is 0 Å². The molecule has 13 heavy (non-hydrogen) atoms. The lowest BCUT2D eigenvalue weighted by atomic mass is 9.81. The Balaban J connectivity index is 2.25. The van der Waals surface area contributed by atoms with E-state index in [0.29, 0.717) is 6.04 Å². The van der Waals surface area contributed by atoms with Crippen LogP contribution in [-0.2, 0) is 0 Å². The van der Waals surface area contributed by atoms with Gasteiger partial charge in [0.25, 0.3) is 0 Å². The SMILES string of the molecule is CC1C2=CC(N)=CCC2CCN1C. The molecule has 0 saturated carbocycles. The zero-order valence-corrected chi connectivity index (χ0v) is 8.46. The van der Waals surface area contributed by atoms with Gasteiger partial charge in [-0.05, 0) is 50.9 Å².